The van der Waals surface area contributed by atoms with Crippen molar-refractivity contribution in [2.75, 3.05) is 18.0 Å². The molecule has 1 saturated carbocycles. The molecule has 2 fully saturated rings. The van der Waals surface area contributed by atoms with Gasteiger partial charge in [-0.3, -0.25) is 0 Å². The Morgan fingerprint density at radius 3 is 2.71 bits per heavy atom. The second kappa shape index (κ2) is 3.30. The van der Waals surface area contributed by atoms with E-state index in [4.69, 9.17) is 0 Å². The Kier molecular flexibility index (Phi) is 1.96. The number of rotatable bonds is 1. The molecule has 1 aromatic heterocycles. The summed E-state index contributed by atoms with van der Waals surface area (Å²) >= 11 is 0. The zero-order valence-corrected chi connectivity index (χ0v) is 8.45. The van der Waals surface area contributed by atoms with Gasteiger partial charge in [-0.25, -0.2) is 4.98 Å². The van der Waals surface area contributed by atoms with Crippen molar-refractivity contribution in [2.45, 2.75) is 25.7 Å². The van der Waals surface area contributed by atoms with Gasteiger partial charge < -0.3 is 9.88 Å². The Morgan fingerprint density at radius 2 is 2.07 bits per heavy atom. The van der Waals surface area contributed by atoms with E-state index in [2.05, 4.69) is 14.9 Å². The third kappa shape index (κ3) is 1.41. The quantitative estimate of drug-likeness (QED) is 0.736. The normalized spacial score (nSPS) is 31.9. The van der Waals surface area contributed by atoms with Crippen LogP contribution in [0.5, 0.6) is 0 Å². The predicted octanol–water partition coefficient (Wildman–Crippen LogP) is 2.04. The Morgan fingerprint density at radius 1 is 1.29 bits per heavy atom. The van der Waals surface area contributed by atoms with E-state index in [1.807, 2.05) is 12.4 Å². The molecule has 1 aromatic rings. The molecule has 3 nitrogen and oxygen atoms in total. The molecule has 2 aliphatic rings. The van der Waals surface area contributed by atoms with Crippen molar-refractivity contribution < 1.29 is 0 Å². The number of imidazole rings is 1. The molecule has 76 valence electrons. The second-order valence-corrected chi connectivity index (χ2v) is 4.72. The largest absolute Gasteiger partial charge is 0.342 e. The summed E-state index contributed by atoms with van der Waals surface area (Å²) < 4.78 is 0. The second-order valence-electron chi connectivity index (χ2n) is 4.72. The summed E-state index contributed by atoms with van der Waals surface area (Å²) in [7, 11) is 0. The summed E-state index contributed by atoms with van der Waals surface area (Å²) in [5.41, 5.74) is 0. The van der Waals surface area contributed by atoms with Crippen LogP contribution in [-0.2, 0) is 0 Å². The molecule has 1 aliphatic heterocycles. The Bertz CT molecular complexity index is 281. The number of hydrogen-bond acceptors (Lipinski definition) is 2. The van der Waals surface area contributed by atoms with Crippen LogP contribution < -0.4 is 4.90 Å². The van der Waals surface area contributed by atoms with Crippen LogP contribution in [0.4, 0.5) is 5.95 Å². The van der Waals surface area contributed by atoms with E-state index in [1.165, 1.54) is 38.8 Å². The van der Waals surface area contributed by atoms with Gasteiger partial charge in [0, 0.05) is 25.5 Å². The van der Waals surface area contributed by atoms with Crippen LogP contribution in [0.25, 0.3) is 0 Å². The fourth-order valence-electron chi connectivity index (χ4n) is 3.03. The van der Waals surface area contributed by atoms with Gasteiger partial charge in [0.1, 0.15) is 0 Å². The van der Waals surface area contributed by atoms with Crippen molar-refractivity contribution in [2.24, 2.45) is 11.8 Å². The topological polar surface area (TPSA) is 31.9 Å². The van der Waals surface area contributed by atoms with E-state index in [9.17, 15) is 0 Å². The fourth-order valence-corrected chi connectivity index (χ4v) is 3.03. The van der Waals surface area contributed by atoms with Gasteiger partial charge in [-0.1, -0.05) is 6.42 Å². The molecule has 1 aliphatic carbocycles. The summed E-state index contributed by atoms with van der Waals surface area (Å²) in [5, 5.41) is 0. The summed E-state index contributed by atoms with van der Waals surface area (Å²) in [4.78, 5) is 9.98. The molecule has 0 amide bonds. The summed E-state index contributed by atoms with van der Waals surface area (Å²) in [6, 6.07) is 0. The smallest absolute Gasteiger partial charge is 0.202 e. The van der Waals surface area contributed by atoms with Crippen LogP contribution in [0.1, 0.15) is 25.7 Å². The highest BCUT2D eigenvalue weighted by molar-refractivity contribution is 5.30. The highest BCUT2D eigenvalue weighted by atomic mass is 15.3. The SMILES string of the molecule is c1c[nH]c(N2CC3CCCC(C3)C2)n1. The van der Waals surface area contributed by atoms with Crippen molar-refractivity contribution in [3.05, 3.63) is 12.4 Å². The van der Waals surface area contributed by atoms with Gasteiger partial charge in [-0.05, 0) is 31.1 Å². The average Bonchev–Trinajstić information content (AvgIpc) is 2.69. The fraction of sp³-hybridized carbons (Fsp3) is 0.727. The number of fused-ring (bicyclic) bond motifs is 2. The summed E-state index contributed by atoms with van der Waals surface area (Å²) in [6.07, 6.45) is 9.51. The van der Waals surface area contributed by atoms with E-state index in [1.54, 1.807) is 0 Å². The van der Waals surface area contributed by atoms with Crippen LogP contribution >= 0.6 is 0 Å². The standard InChI is InChI=1S/C11H17N3/c1-2-9-6-10(3-1)8-14(7-9)11-12-4-5-13-11/h4-5,9-10H,1-3,6-8H2,(H,12,13). The van der Waals surface area contributed by atoms with E-state index in [0.717, 1.165) is 17.8 Å². The molecule has 2 unspecified atom stereocenters. The van der Waals surface area contributed by atoms with E-state index < -0.39 is 0 Å². The number of anilines is 1. The molecule has 1 N–H and O–H groups in total. The average molecular weight is 191 g/mol. The van der Waals surface area contributed by atoms with Crippen molar-refractivity contribution >= 4 is 5.95 Å². The lowest BCUT2D eigenvalue weighted by molar-refractivity contribution is 0.230. The minimum Gasteiger partial charge on any atom is -0.342 e. The lowest BCUT2D eigenvalue weighted by Gasteiger charge is -2.41. The van der Waals surface area contributed by atoms with Gasteiger partial charge in [0.25, 0.3) is 0 Å². The number of hydrogen-bond donors (Lipinski definition) is 1. The number of aromatic amines is 1. The molecule has 1 saturated heterocycles. The van der Waals surface area contributed by atoms with Crippen molar-refractivity contribution in [3.63, 3.8) is 0 Å². The molecule has 0 aromatic carbocycles. The third-order valence-corrected chi connectivity index (χ3v) is 3.63. The zero-order chi connectivity index (χ0) is 9.38. The van der Waals surface area contributed by atoms with Gasteiger partial charge in [-0.15, -0.1) is 0 Å². The number of nitrogens with zero attached hydrogens (tertiary/aromatic N) is 2. The van der Waals surface area contributed by atoms with Crippen LogP contribution in [0, 0.1) is 11.8 Å². The van der Waals surface area contributed by atoms with Gasteiger partial charge in [0.15, 0.2) is 0 Å². The van der Waals surface area contributed by atoms with Gasteiger partial charge in [0.2, 0.25) is 5.95 Å². The Balaban J connectivity index is 1.77. The predicted molar refractivity (Wildman–Crippen MR) is 56.2 cm³/mol. The minimum atomic E-state index is 0.924. The van der Waals surface area contributed by atoms with Crippen molar-refractivity contribution in [1.29, 1.82) is 0 Å². The first-order chi connectivity index (χ1) is 6.92. The molecule has 3 heteroatoms. The Labute approximate surface area is 84.5 Å². The lowest BCUT2D eigenvalue weighted by atomic mass is 9.78. The molecule has 3 rings (SSSR count). The van der Waals surface area contributed by atoms with E-state index in [-0.39, 0.29) is 0 Å². The van der Waals surface area contributed by atoms with Gasteiger partial charge >= 0.3 is 0 Å². The van der Waals surface area contributed by atoms with Crippen LogP contribution in [0.15, 0.2) is 12.4 Å². The Hall–Kier alpha value is -0.990. The first kappa shape index (κ1) is 8.33. The summed E-state index contributed by atoms with van der Waals surface area (Å²) in [6.45, 7) is 2.42. The highest BCUT2D eigenvalue weighted by Crippen LogP contribution is 2.35. The van der Waals surface area contributed by atoms with E-state index in [0.29, 0.717) is 0 Å². The van der Waals surface area contributed by atoms with Crippen LogP contribution in [-0.4, -0.2) is 23.1 Å². The maximum Gasteiger partial charge on any atom is 0.202 e. The molecule has 14 heavy (non-hydrogen) atoms. The molecular weight excluding hydrogens is 174 g/mol. The zero-order valence-electron chi connectivity index (χ0n) is 8.45. The van der Waals surface area contributed by atoms with Crippen molar-refractivity contribution in [1.82, 2.24) is 9.97 Å². The molecule has 2 heterocycles. The minimum absolute atomic E-state index is 0.924. The van der Waals surface area contributed by atoms with Crippen LogP contribution in [0.2, 0.25) is 0 Å². The maximum absolute atomic E-state index is 4.34. The van der Waals surface area contributed by atoms with Crippen LogP contribution in [0.3, 0.4) is 0 Å². The maximum atomic E-state index is 4.34. The molecule has 0 radical (unpaired) electrons. The molecular formula is C11H17N3. The third-order valence-electron chi connectivity index (χ3n) is 3.63. The number of aromatic nitrogens is 2. The number of H-pyrrole nitrogens is 1. The monoisotopic (exact) mass is 191 g/mol. The summed E-state index contributed by atoms with van der Waals surface area (Å²) in [5.74, 6) is 2.92. The first-order valence-electron chi connectivity index (χ1n) is 5.66. The van der Waals surface area contributed by atoms with E-state index >= 15 is 0 Å². The van der Waals surface area contributed by atoms with Gasteiger partial charge in [-0.2, -0.15) is 0 Å². The lowest BCUT2D eigenvalue weighted by Crippen LogP contribution is -2.43. The molecule has 0 spiro atoms. The molecule has 2 bridgehead atoms. The highest BCUT2D eigenvalue weighted by Gasteiger charge is 2.31. The van der Waals surface area contributed by atoms with Crippen molar-refractivity contribution in [3.8, 4) is 0 Å². The number of piperidine rings is 1. The number of nitrogens with one attached hydrogen (secondary N) is 1. The van der Waals surface area contributed by atoms with Gasteiger partial charge in [0.05, 0.1) is 0 Å². The first-order valence-corrected chi connectivity index (χ1v) is 5.66. The molecule has 2 atom stereocenters.